The molecular weight excluding hydrogens is 442 g/mol. The van der Waals surface area contributed by atoms with Crippen LogP contribution >= 0.6 is 31.9 Å². The van der Waals surface area contributed by atoms with E-state index in [1.165, 1.54) is 0 Å². The Labute approximate surface area is 163 Å². The van der Waals surface area contributed by atoms with Crippen molar-refractivity contribution in [2.24, 2.45) is 0 Å². The molecule has 0 aliphatic rings. The first-order valence-corrected chi connectivity index (χ1v) is 9.26. The lowest BCUT2D eigenvalue weighted by atomic mass is 10.1. The van der Waals surface area contributed by atoms with E-state index in [2.05, 4.69) is 36.8 Å². The van der Waals surface area contributed by atoms with Crippen LogP contribution in [0.1, 0.15) is 0 Å². The van der Waals surface area contributed by atoms with Gasteiger partial charge in [-0.2, -0.15) is 0 Å². The molecule has 0 bridgehead atoms. The van der Waals surface area contributed by atoms with Crippen LogP contribution in [0.5, 0.6) is 0 Å². The molecule has 25 heavy (non-hydrogen) atoms. The molecule has 0 aliphatic carbocycles. The van der Waals surface area contributed by atoms with Crippen LogP contribution < -0.4 is 11.5 Å². The summed E-state index contributed by atoms with van der Waals surface area (Å²) < 4.78 is 2.13. The molecule has 126 valence electrons. The molecule has 1 heterocycles. The van der Waals surface area contributed by atoms with Crippen molar-refractivity contribution in [1.82, 2.24) is 4.98 Å². The maximum Gasteiger partial charge on any atom is 0.0698 e. The molecule has 0 amide bonds. The fourth-order valence-corrected chi connectivity index (χ4v) is 3.00. The third kappa shape index (κ3) is 4.24. The summed E-state index contributed by atoms with van der Waals surface area (Å²) in [7, 11) is 0. The molecule has 4 rings (SSSR count). The maximum absolute atomic E-state index is 6.17. The third-order valence-electron chi connectivity index (χ3n) is 3.75. The predicted molar refractivity (Wildman–Crippen MR) is 114 cm³/mol. The second kappa shape index (κ2) is 7.76. The summed E-state index contributed by atoms with van der Waals surface area (Å²) in [6.45, 7) is 0. The first-order chi connectivity index (χ1) is 12.0. The number of anilines is 2. The van der Waals surface area contributed by atoms with Crippen LogP contribution in [0.25, 0.3) is 22.2 Å². The number of para-hydroxylation sites is 1. The van der Waals surface area contributed by atoms with Gasteiger partial charge in [0, 0.05) is 31.1 Å². The van der Waals surface area contributed by atoms with Crippen molar-refractivity contribution in [2.45, 2.75) is 0 Å². The van der Waals surface area contributed by atoms with E-state index >= 15 is 0 Å². The van der Waals surface area contributed by atoms with Gasteiger partial charge in [-0.1, -0.05) is 62.2 Å². The van der Waals surface area contributed by atoms with E-state index < -0.39 is 0 Å². The number of halogens is 2. The normalized spacial score (nSPS) is 10.3. The molecule has 4 aromatic rings. The lowest BCUT2D eigenvalue weighted by Crippen LogP contribution is -1.86. The van der Waals surface area contributed by atoms with E-state index in [0.717, 1.165) is 42.5 Å². The minimum Gasteiger partial charge on any atom is -0.399 e. The molecule has 0 aliphatic heterocycles. The minimum absolute atomic E-state index is 0.799. The molecule has 0 spiro atoms. The van der Waals surface area contributed by atoms with Gasteiger partial charge in [-0.25, -0.2) is 0 Å². The lowest BCUT2D eigenvalue weighted by Gasteiger charge is -2.00. The zero-order valence-corrected chi connectivity index (χ0v) is 16.5. The van der Waals surface area contributed by atoms with Gasteiger partial charge in [0.2, 0.25) is 0 Å². The average molecular weight is 459 g/mol. The quantitative estimate of drug-likeness (QED) is 0.297. The van der Waals surface area contributed by atoms with Crippen molar-refractivity contribution in [3.63, 3.8) is 0 Å². The second-order valence-corrected chi connectivity index (χ2v) is 7.35. The Morgan fingerprint density at radius 1 is 0.680 bits per heavy atom. The van der Waals surface area contributed by atoms with Gasteiger partial charge in [-0.3, -0.25) is 0 Å². The van der Waals surface area contributed by atoms with Crippen molar-refractivity contribution in [1.29, 1.82) is 0 Å². The van der Waals surface area contributed by atoms with Crippen molar-refractivity contribution in [3.05, 3.63) is 81.7 Å². The summed E-state index contributed by atoms with van der Waals surface area (Å²) in [6, 6.07) is 23.7. The molecule has 0 saturated carbocycles. The van der Waals surface area contributed by atoms with Gasteiger partial charge in [0.05, 0.1) is 11.4 Å². The largest absolute Gasteiger partial charge is 0.399 e. The molecule has 0 unspecified atom stereocenters. The highest BCUT2D eigenvalue weighted by Gasteiger charge is 2.09. The number of aromatic nitrogens is 1. The maximum atomic E-state index is 6.17. The van der Waals surface area contributed by atoms with Crippen molar-refractivity contribution in [2.75, 3.05) is 11.5 Å². The Balaban J connectivity index is 0.000000192. The Morgan fingerprint density at radius 3 is 1.80 bits per heavy atom. The van der Waals surface area contributed by atoms with E-state index in [-0.39, 0.29) is 0 Å². The standard InChI is InChI=1S/C14H11BrN2.C6H6BrN/c15-10-7-5-9(6-8-10)14-13(16)11-3-1-2-4-12(11)17-14;7-5-1-3-6(8)4-2-5/h1-8,17H,16H2;1-4H,8H2. The van der Waals surface area contributed by atoms with Gasteiger partial charge in [0.25, 0.3) is 0 Å². The summed E-state index contributed by atoms with van der Waals surface area (Å²) in [5.41, 5.74) is 16.3. The number of nitrogen functional groups attached to an aromatic ring is 2. The van der Waals surface area contributed by atoms with E-state index in [0.29, 0.717) is 0 Å². The van der Waals surface area contributed by atoms with Crippen molar-refractivity contribution < 1.29 is 0 Å². The fraction of sp³-hybridized carbons (Fsp3) is 0. The van der Waals surface area contributed by atoms with Gasteiger partial charge >= 0.3 is 0 Å². The zero-order valence-electron chi connectivity index (χ0n) is 13.3. The number of nitrogens with two attached hydrogens (primary N) is 2. The van der Waals surface area contributed by atoms with Crippen LogP contribution in [-0.2, 0) is 0 Å². The highest BCUT2D eigenvalue weighted by atomic mass is 79.9. The highest BCUT2D eigenvalue weighted by Crippen LogP contribution is 2.32. The smallest absolute Gasteiger partial charge is 0.0698 e. The number of H-pyrrole nitrogens is 1. The molecule has 5 N–H and O–H groups in total. The van der Waals surface area contributed by atoms with Gasteiger partial charge in [-0.15, -0.1) is 0 Å². The summed E-state index contributed by atoms with van der Waals surface area (Å²) in [5, 5.41) is 1.07. The molecule has 0 saturated heterocycles. The summed E-state index contributed by atoms with van der Waals surface area (Å²) >= 11 is 6.72. The number of rotatable bonds is 1. The molecular formula is C20H17Br2N3. The zero-order chi connectivity index (χ0) is 17.8. The van der Waals surface area contributed by atoms with E-state index in [9.17, 15) is 0 Å². The fourth-order valence-electron chi connectivity index (χ4n) is 2.47. The summed E-state index contributed by atoms with van der Waals surface area (Å²) in [4.78, 5) is 3.36. The minimum atomic E-state index is 0.799. The van der Waals surface area contributed by atoms with Crippen LogP contribution in [0.15, 0.2) is 81.7 Å². The van der Waals surface area contributed by atoms with Crippen LogP contribution in [0.3, 0.4) is 0 Å². The topological polar surface area (TPSA) is 67.8 Å². The Kier molecular flexibility index (Phi) is 5.46. The van der Waals surface area contributed by atoms with Gasteiger partial charge in [-0.05, 0) is 42.5 Å². The van der Waals surface area contributed by atoms with Gasteiger partial charge in [0.15, 0.2) is 0 Å². The monoisotopic (exact) mass is 457 g/mol. The number of hydrogen-bond donors (Lipinski definition) is 3. The van der Waals surface area contributed by atoms with Crippen molar-refractivity contribution >= 4 is 54.1 Å². The van der Waals surface area contributed by atoms with Crippen LogP contribution in [0, 0.1) is 0 Å². The highest BCUT2D eigenvalue weighted by molar-refractivity contribution is 9.10. The van der Waals surface area contributed by atoms with Gasteiger partial charge in [0.1, 0.15) is 0 Å². The third-order valence-corrected chi connectivity index (χ3v) is 4.81. The number of fused-ring (bicyclic) bond motifs is 1. The number of nitrogens with one attached hydrogen (secondary N) is 1. The molecule has 0 fully saturated rings. The van der Waals surface area contributed by atoms with Crippen molar-refractivity contribution in [3.8, 4) is 11.3 Å². The van der Waals surface area contributed by atoms with E-state index in [1.807, 2.05) is 72.8 Å². The Hall–Kier alpha value is -2.24. The molecule has 5 heteroatoms. The first kappa shape index (κ1) is 17.6. The molecule has 3 nitrogen and oxygen atoms in total. The van der Waals surface area contributed by atoms with Crippen LogP contribution in [-0.4, -0.2) is 4.98 Å². The molecule has 0 atom stereocenters. The Morgan fingerprint density at radius 2 is 1.24 bits per heavy atom. The second-order valence-electron chi connectivity index (χ2n) is 5.52. The molecule has 1 aromatic heterocycles. The van der Waals surface area contributed by atoms with E-state index in [1.54, 1.807) is 0 Å². The van der Waals surface area contributed by atoms with Crippen LogP contribution in [0.4, 0.5) is 11.4 Å². The summed E-state index contributed by atoms with van der Waals surface area (Å²) in [6.07, 6.45) is 0. The van der Waals surface area contributed by atoms with E-state index in [4.69, 9.17) is 11.5 Å². The van der Waals surface area contributed by atoms with Crippen LogP contribution in [0.2, 0.25) is 0 Å². The predicted octanol–water partition coefficient (Wildman–Crippen LogP) is 6.21. The molecule has 3 aromatic carbocycles. The Bertz CT molecular complexity index is 953. The lowest BCUT2D eigenvalue weighted by molar-refractivity contribution is 1.45. The first-order valence-electron chi connectivity index (χ1n) is 7.68. The average Bonchev–Trinajstić information content (AvgIpc) is 2.96. The number of hydrogen-bond acceptors (Lipinski definition) is 2. The summed E-state index contributed by atoms with van der Waals surface area (Å²) in [5.74, 6) is 0. The number of benzene rings is 3. The van der Waals surface area contributed by atoms with Gasteiger partial charge < -0.3 is 16.5 Å². The molecule has 0 radical (unpaired) electrons. The number of aromatic amines is 1. The SMILES string of the molecule is Nc1c(-c2ccc(Br)cc2)[nH]c2ccccc12.Nc1ccc(Br)cc1.